The Morgan fingerprint density at radius 1 is 1.11 bits per heavy atom. The molecule has 3 rings (SSSR count). The SMILES string of the molecule is COc1ccc([C@@H]2[C@@H](CO)OCCN2Cc2cccc(F)c2OC)cc1OC. The molecule has 0 unspecified atom stereocenters. The summed E-state index contributed by atoms with van der Waals surface area (Å²) in [6, 6.07) is 10.3. The minimum Gasteiger partial charge on any atom is -0.493 e. The van der Waals surface area contributed by atoms with Crippen molar-refractivity contribution in [2.45, 2.75) is 18.7 Å². The highest BCUT2D eigenvalue weighted by molar-refractivity contribution is 5.44. The van der Waals surface area contributed by atoms with Crippen LogP contribution in [0.4, 0.5) is 4.39 Å². The van der Waals surface area contributed by atoms with Crippen LogP contribution in [0.5, 0.6) is 17.2 Å². The maximum absolute atomic E-state index is 14.1. The first-order valence-corrected chi connectivity index (χ1v) is 9.12. The van der Waals surface area contributed by atoms with Gasteiger partial charge in [0, 0.05) is 18.7 Å². The van der Waals surface area contributed by atoms with E-state index in [1.165, 1.54) is 13.2 Å². The van der Waals surface area contributed by atoms with Gasteiger partial charge in [0.15, 0.2) is 23.1 Å². The summed E-state index contributed by atoms with van der Waals surface area (Å²) in [5.74, 6) is 1.07. The Bertz CT molecular complexity index is 800. The molecule has 2 aromatic rings. The van der Waals surface area contributed by atoms with E-state index in [-0.39, 0.29) is 18.4 Å². The van der Waals surface area contributed by atoms with Crippen molar-refractivity contribution in [3.8, 4) is 17.2 Å². The zero-order valence-electron chi connectivity index (χ0n) is 16.4. The lowest BCUT2D eigenvalue weighted by molar-refractivity contribution is -0.0962. The lowest BCUT2D eigenvalue weighted by Gasteiger charge is -2.41. The first-order chi connectivity index (χ1) is 13.6. The van der Waals surface area contributed by atoms with E-state index in [1.807, 2.05) is 24.3 Å². The largest absolute Gasteiger partial charge is 0.493 e. The van der Waals surface area contributed by atoms with Gasteiger partial charge in [-0.25, -0.2) is 4.39 Å². The van der Waals surface area contributed by atoms with Gasteiger partial charge in [-0.15, -0.1) is 0 Å². The van der Waals surface area contributed by atoms with Crippen molar-refractivity contribution in [1.29, 1.82) is 0 Å². The molecule has 1 heterocycles. The zero-order chi connectivity index (χ0) is 20.1. The van der Waals surface area contributed by atoms with E-state index in [0.29, 0.717) is 31.2 Å². The smallest absolute Gasteiger partial charge is 0.165 e. The number of morpholine rings is 1. The Hall–Kier alpha value is -2.35. The first kappa shape index (κ1) is 20.4. The van der Waals surface area contributed by atoms with Crippen LogP contribution < -0.4 is 14.2 Å². The monoisotopic (exact) mass is 391 g/mol. The summed E-state index contributed by atoms with van der Waals surface area (Å²) >= 11 is 0. The van der Waals surface area contributed by atoms with Crippen LogP contribution in [-0.2, 0) is 11.3 Å². The predicted molar refractivity (Wildman–Crippen MR) is 102 cm³/mol. The third-order valence-corrected chi connectivity index (χ3v) is 5.01. The van der Waals surface area contributed by atoms with Crippen LogP contribution in [0.25, 0.3) is 0 Å². The minimum atomic E-state index is -0.411. The molecule has 1 saturated heterocycles. The Balaban J connectivity index is 1.97. The molecule has 6 nitrogen and oxygen atoms in total. The van der Waals surface area contributed by atoms with E-state index in [9.17, 15) is 9.50 Å². The highest BCUT2D eigenvalue weighted by atomic mass is 19.1. The number of benzene rings is 2. The third-order valence-electron chi connectivity index (χ3n) is 5.01. The summed E-state index contributed by atoms with van der Waals surface area (Å²) in [6.07, 6.45) is -0.411. The van der Waals surface area contributed by atoms with Gasteiger partial charge in [0.05, 0.1) is 40.6 Å². The Labute approximate surface area is 164 Å². The molecule has 0 aliphatic carbocycles. The molecule has 1 N–H and O–H groups in total. The van der Waals surface area contributed by atoms with Crippen LogP contribution in [0.15, 0.2) is 36.4 Å². The highest BCUT2D eigenvalue weighted by Gasteiger charge is 2.34. The van der Waals surface area contributed by atoms with Gasteiger partial charge < -0.3 is 24.1 Å². The molecule has 0 radical (unpaired) electrons. The quantitative estimate of drug-likeness (QED) is 0.783. The summed E-state index contributed by atoms with van der Waals surface area (Å²) < 4.78 is 35.9. The van der Waals surface area contributed by atoms with E-state index < -0.39 is 11.9 Å². The van der Waals surface area contributed by atoms with Crippen LogP contribution in [0.2, 0.25) is 0 Å². The second-order valence-corrected chi connectivity index (χ2v) is 6.55. The Morgan fingerprint density at radius 3 is 2.57 bits per heavy atom. The molecular formula is C21H26FNO5. The van der Waals surface area contributed by atoms with Gasteiger partial charge in [0.1, 0.15) is 6.10 Å². The van der Waals surface area contributed by atoms with Crippen molar-refractivity contribution in [2.24, 2.45) is 0 Å². The van der Waals surface area contributed by atoms with Gasteiger partial charge >= 0.3 is 0 Å². The number of halogens is 1. The maximum Gasteiger partial charge on any atom is 0.165 e. The van der Waals surface area contributed by atoms with Crippen LogP contribution in [-0.4, -0.2) is 57.2 Å². The fraction of sp³-hybridized carbons (Fsp3) is 0.429. The number of aliphatic hydroxyl groups excluding tert-OH is 1. The standard InChI is InChI=1S/C21H26FNO5/c1-25-17-8-7-14(11-18(17)26-2)20-19(13-24)28-10-9-23(20)12-15-5-4-6-16(22)21(15)27-3/h4-8,11,19-20,24H,9-10,12-13H2,1-3H3/t19-,20-/m1/s1. The van der Waals surface area contributed by atoms with Gasteiger partial charge in [-0.2, -0.15) is 0 Å². The topological polar surface area (TPSA) is 60.4 Å². The summed E-state index contributed by atoms with van der Waals surface area (Å²) in [6.45, 7) is 1.44. The van der Waals surface area contributed by atoms with E-state index in [2.05, 4.69) is 4.90 Å². The number of aliphatic hydroxyl groups is 1. The lowest BCUT2D eigenvalue weighted by atomic mass is 9.97. The van der Waals surface area contributed by atoms with E-state index >= 15 is 0 Å². The van der Waals surface area contributed by atoms with E-state index in [4.69, 9.17) is 18.9 Å². The molecule has 152 valence electrons. The second-order valence-electron chi connectivity index (χ2n) is 6.55. The average Bonchev–Trinajstić information content (AvgIpc) is 2.73. The number of nitrogens with zero attached hydrogens (tertiary/aromatic N) is 1. The Kier molecular flexibility index (Phi) is 6.72. The molecule has 0 spiro atoms. The van der Waals surface area contributed by atoms with Crippen molar-refractivity contribution in [2.75, 3.05) is 41.1 Å². The molecule has 0 saturated carbocycles. The van der Waals surface area contributed by atoms with Crippen LogP contribution in [0.3, 0.4) is 0 Å². The first-order valence-electron chi connectivity index (χ1n) is 9.12. The van der Waals surface area contributed by atoms with Crippen LogP contribution in [0, 0.1) is 5.82 Å². The molecule has 0 bridgehead atoms. The van der Waals surface area contributed by atoms with Gasteiger partial charge in [0.25, 0.3) is 0 Å². The molecule has 0 aromatic heterocycles. The maximum atomic E-state index is 14.1. The molecule has 1 fully saturated rings. The summed E-state index contributed by atoms with van der Waals surface area (Å²) in [5, 5.41) is 9.89. The molecule has 1 aliphatic rings. The minimum absolute atomic E-state index is 0.129. The number of rotatable bonds is 7. The molecule has 2 atom stereocenters. The van der Waals surface area contributed by atoms with Gasteiger partial charge in [-0.3, -0.25) is 4.90 Å². The predicted octanol–water partition coefficient (Wildman–Crippen LogP) is 2.79. The van der Waals surface area contributed by atoms with Crippen molar-refractivity contribution in [1.82, 2.24) is 4.90 Å². The van der Waals surface area contributed by atoms with Crippen molar-refractivity contribution < 1.29 is 28.4 Å². The number of hydrogen-bond acceptors (Lipinski definition) is 6. The third kappa shape index (κ3) is 4.06. The summed E-state index contributed by atoms with van der Waals surface area (Å²) in [5.41, 5.74) is 1.67. The number of methoxy groups -OCH3 is 3. The second kappa shape index (κ2) is 9.23. The number of ether oxygens (including phenoxy) is 4. The molecule has 1 aliphatic heterocycles. The Morgan fingerprint density at radius 2 is 1.89 bits per heavy atom. The van der Waals surface area contributed by atoms with E-state index in [0.717, 1.165) is 11.1 Å². The van der Waals surface area contributed by atoms with E-state index in [1.54, 1.807) is 20.3 Å². The van der Waals surface area contributed by atoms with Crippen molar-refractivity contribution in [3.05, 3.63) is 53.3 Å². The summed E-state index contributed by atoms with van der Waals surface area (Å²) in [4.78, 5) is 2.16. The van der Waals surface area contributed by atoms with Crippen molar-refractivity contribution in [3.63, 3.8) is 0 Å². The van der Waals surface area contributed by atoms with Crippen LogP contribution in [0.1, 0.15) is 17.2 Å². The fourth-order valence-corrected chi connectivity index (χ4v) is 3.70. The average molecular weight is 391 g/mol. The van der Waals surface area contributed by atoms with Gasteiger partial charge in [-0.05, 0) is 23.8 Å². The zero-order valence-corrected chi connectivity index (χ0v) is 16.4. The molecule has 0 amide bonds. The number of para-hydroxylation sites is 1. The normalized spacial score (nSPS) is 20.0. The molecule has 28 heavy (non-hydrogen) atoms. The lowest BCUT2D eigenvalue weighted by Crippen LogP contribution is -2.46. The molecular weight excluding hydrogens is 365 g/mol. The fourth-order valence-electron chi connectivity index (χ4n) is 3.70. The van der Waals surface area contributed by atoms with Crippen molar-refractivity contribution >= 4 is 0 Å². The number of hydrogen-bond donors (Lipinski definition) is 1. The van der Waals surface area contributed by atoms with Gasteiger partial charge in [0.2, 0.25) is 0 Å². The van der Waals surface area contributed by atoms with Crippen LogP contribution >= 0.6 is 0 Å². The molecule has 7 heteroatoms. The van der Waals surface area contributed by atoms with Gasteiger partial charge in [-0.1, -0.05) is 18.2 Å². The molecule has 2 aromatic carbocycles. The summed E-state index contributed by atoms with van der Waals surface area (Å²) in [7, 11) is 4.63. The highest BCUT2D eigenvalue weighted by Crippen LogP contribution is 2.37.